The number of alkyl carbamates (subject to hydrolysis) is 1. The molecule has 0 aliphatic carbocycles. The fraction of sp³-hybridized carbons (Fsp3) is 0.613. The molecule has 1 aliphatic rings. The van der Waals surface area contributed by atoms with Crippen LogP contribution in [-0.4, -0.2) is 68.3 Å². The van der Waals surface area contributed by atoms with Crippen molar-refractivity contribution in [2.24, 2.45) is 0 Å². The van der Waals surface area contributed by atoms with Gasteiger partial charge in [-0.1, -0.05) is 6.07 Å². The van der Waals surface area contributed by atoms with Gasteiger partial charge in [0.1, 0.15) is 21.6 Å². The van der Waals surface area contributed by atoms with Gasteiger partial charge in [0.15, 0.2) is 0 Å². The number of amides is 3. The summed E-state index contributed by atoms with van der Waals surface area (Å²) < 4.78 is 32.9. The number of anilines is 1. The van der Waals surface area contributed by atoms with Crippen molar-refractivity contribution in [3.63, 3.8) is 0 Å². The van der Waals surface area contributed by atoms with Crippen molar-refractivity contribution in [1.82, 2.24) is 19.9 Å². The van der Waals surface area contributed by atoms with Crippen molar-refractivity contribution in [3.8, 4) is 10.4 Å². The first kappa shape index (κ1) is 36.2. The summed E-state index contributed by atoms with van der Waals surface area (Å²) in [6.45, 7) is 18.4. The zero-order valence-electron chi connectivity index (χ0n) is 27.8. The Morgan fingerprint density at radius 2 is 1.64 bits per heavy atom. The molecule has 3 N–H and O–H groups in total. The molecule has 250 valence electrons. The molecule has 1 aliphatic heterocycles. The SMILES string of the molecule is CC(C)OC(=O)Nc1ccc(-c2cnc([C@@H]3CC[C@@H](NC(=O)OC(C)C)CN3C(=O)OC(C)(C)C)s2)c(S(=O)NC(C)(C)C)c1. The van der Waals surface area contributed by atoms with Crippen molar-refractivity contribution >= 4 is 46.3 Å². The van der Waals surface area contributed by atoms with Crippen molar-refractivity contribution in [3.05, 3.63) is 29.4 Å². The lowest BCUT2D eigenvalue weighted by molar-refractivity contribution is 0.00490. The first-order chi connectivity index (χ1) is 20.8. The third-order valence-electron chi connectivity index (χ3n) is 6.12. The average Bonchev–Trinajstić information content (AvgIpc) is 3.35. The lowest BCUT2D eigenvalue weighted by Gasteiger charge is -2.39. The molecule has 0 bridgehead atoms. The van der Waals surface area contributed by atoms with Gasteiger partial charge in [0.2, 0.25) is 0 Å². The molecular formula is C31H47N5O7S2. The summed E-state index contributed by atoms with van der Waals surface area (Å²) >= 11 is 1.39. The fourth-order valence-corrected chi connectivity index (χ4v) is 6.95. The Hall–Kier alpha value is -3.23. The molecule has 1 saturated heterocycles. The lowest BCUT2D eigenvalue weighted by Crippen LogP contribution is -2.52. The predicted molar refractivity (Wildman–Crippen MR) is 176 cm³/mol. The van der Waals surface area contributed by atoms with Crippen molar-refractivity contribution in [2.45, 2.75) is 122 Å². The van der Waals surface area contributed by atoms with E-state index in [1.54, 1.807) is 77.8 Å². The Morgan fingerprint density at radius 1 is 1.00 bits per heavy atom. The molecule has 0 radical (unpaired) electrons. The normalized spacial score (nSPS) is 18.0. The van der Waals surface area contributed by atoms with E-state index in [0.717, 1.165) is 4.88 Å². The molecule has 0 saturated carbocycles. The Morgan fingerprint density at radius 3 is 2.24 bits per heavy atom. The Kier molecular flexibility index (Phi) is 12.0. The predicted octanol–water partition coefficient (Wildman–Crippen LogP) is 6.75. The molecule has 3 amide bonds. The maximum Gasteiger partial charge on any atom is 0.411 e. The number of hydrogen-bond acceptors (Lipinski definition) is 9. The minimum Gasteiger partial charge on any atom is -0.447 e. The average molecular weight is 666 g/mol. The number of rotatable bonds is 8. The van der Waals surface area contributed by atoms with E-state index in [1.165, 1.54) is 11.3 Å². The summed E-state index contributed by atoms with van der Waals surface area (Å²) in [7, 11) is -1.64. The van der Waals surface area contributed by atoms with Crippen molar-refractivity contribution < 1.29 is 32.8 Å². The second kappa shape index (κ2) is 14.9. The highest BCUT2D eigenvalue weighted by molar-refractivity contribution is 7.83. The van der Waals surface area contributed by atoms with Crippen LogP contribution in [0.3, 0.4) is 0 Å². The molecule has 1 unspecified atom stereocenters. The van der Waals surface area contributed by atoms with Gasteiger partial charge in [-0.15, -0.1) is 11.3 Å². The quantitative estimate of drug-likeness (QED) is 0.262. The largest absolute Gasteiger partial charge is 0.447 e. The van der Waals surface area contributed by atoms with E-state index in [2.05, 4.69) is 15.4 Å². The van der Waals surface area contributed by atoms with Crippen LogP contribution < -0.4 is 15.4 Å². The van der Waals surface area contributed by atoms with Gasteiger partial charge in [0.05, 0.1) is 34.1 Å². The molecule has 2 heterocycles. The Bertz CT molecular complexity index is 1380. The molecular weight excluding hydrogens is 619 g/mol. The van der Waals surface area contributed by atoms with E-state index >= 15 is 0 Å². The van der Waals surface area contributed by atoms with Crippen molar-refractivity contribution in [1.29, 1.82) is 0 Å². The van der Waals surface area contributed by atoms with E-state index in [1.807, 2.05) is 20.8 Å². The minimum absolute atomic E-state index is 0.222. The number of hydrogen-bond donors (Lipinski definition) is 3. The molecule has 2 aromatic rings. The number of carbonyl (C=O) groups excluding carboxylic acids is 3. The van der Waals surface area contributed by atoms with Gasteiger partial charge >= 0.3 is 18.3 Å². The number of likely N-dealkylation sites (tertiary alicyclic amines) is 1. The van der Waals surface area contributed by atoms with Crippen LogP contribution in [-0.2, 0) is 25.2 Å². The first-order valence-corrected chi connectivity index (χ1v) is 17.0. The van der Waals surface area contributed by atoms with Crippen LogP contribution in [0.25, 0.3) is 10.4 Å². The van der Waals surface area contributed by atoms with Gasteiger partial charge < -0.3 is 19.5 Å². The number of benzene rings is 1. The summed E-state index contributed by atoms with van der Waals surface area (Å²) in [5.41, 5.74) is -0.0649. The number of thiazole rings is 1. The van der Waals surface area contributed by atoms with Gasteiger partial charge in [0, 0.05) is 29.5 Å². The van der Waals surface area contributed by atoms with Crippen LogP contribution in [0.2, 0.25) is 0 Å². The highest BCUT2D eigenvalue weighted by atomic mass is 32.2. The number of aromatic nitrogens is 1. The second-order valence-electron chi connectivity index (χ2n) is 13.5. The molecule has 3 rings (SSSR count). The third kappa shape index (κ3) is 11.3. The minimum atomic E-state index is -1.64. The zero-order chi connectivity index (χ0) is 33.7. The lowest BCUT2D eigenvalue weighted by atomic mass is 9.99. The van der Waals surface area contributed by atoms with Crippen LogP contribution in [0, 0.1) is 0 Å². The maximum absolute atomic E-state index is 13.6. The highest BCUT2D eigenvalue weighted by Crippen LogP contribution is 2.39. The van der Waals surface area contributed by atoms with E-state index in [9.17, 15) is 18.6 Å². The van der Waals surface area contributed by atoms with Crippen LogP contribution >= 0.6 is 11.3 Å². The van der Waals surface area contributed by atoms with E-state index in [-0.39, 0.29) is 24.8 Å². The second-order valence-corrected chi connectivity index (χ2v) is 15.7. The van der Waals surface area contributed by atoms with E-state index in [4.69, 9.17) is 19.2 Å². The number of ether oxygens (including phenoxy) is 3. The molecule has 3 atom stereocenters. The standard InChI is InChI=1S/C31H47N5O7S2/c1-18(2)41-27(37)33-20-11-13-22(25(15-20)45(40)35-30(5,6)7)24-16-32-26(44-24)23-14-12-21(34-28(38)42-19(3)4)17-36(23)29(39)43-31(8,9)10/h11,13,15-16,18-19,21,23,35H,12,14,17H2,1-10H3,(H,33,37)(H,34,38)/t21-,23+,45?/m1/s1. The highest BCUT2D eigenvalue weighted by Gasteiger charge is 2.37. The molecule has 1 aromatic heterocycles. The summed E-state index contributed by atoms with van der Waals surface area (Å²) in [5.74, 6) is 0. The van der Waals surface area contributed by atoms with Gasteiger partial charge in [-0.3, -0.25) is 10.2 Å². The molecule has 0 spiro atoms. The Balaban J connectivity index is 1.95. The molecule has 1 fully saturated rings. The summed E-state index contributed by atoms with van der Waals surface area (Å²) in [6.07, 6.45) is 0.618. The molecule has 1 aromatic carbocycles. The van der Waals surface area contributed by atoms with Gasteiger partial charge in [-0.2, -0.15) is 0 Å². The van der Waals surface area contributed by atoms with Gasteiger partial charge in [0.25, 0.3) is 0 Å². The fourth-order valence-electron chi connectivity index (χ4n) is 4.50. The number of nitrogens with one attached hydrogen (secondary N) is 3. The molecule has 45 heavy (non-hydrogen) atoms. The van der Waals surface area contributed by atoms with E-state index < -0.39 is 46.4 Å². The number of piperidine rings is 1. The topological polar surface area (TPSA) is 148 Å². The smallest absolute Gasteiger partial charge is 0.411 e. The van der Waals surface area contributed by atoms with Crippen LogP contribution in [0.15, 0.2) is 29.3 Å². The monoisotopic (exact) mass is 665 g/mol. The third-order valence-corrected chi connectivity index (χ3v) is 8.78. The van der Waals surface area contributed by atoms with Crippen LogP contribution in [0.1, 0.15) is 93.1 Å². The molecule has 12 nitrogen and oxygen atoms in total. The van der Waals surface area contributed by atoms with Gasteiger partial charge in [-0.05, 0) is 94.2 Å². The van der Waals surface area contributed by atoms with Gasteiger partial charge in [-0.25, -0.2) is 28.3 Å². The zero-order valence-corrected chi connectivity index (χ0v) is 29.4. The van der Waals surface area contributed by atoms with Crippen LogP contribution in [0.5, 0.6) is 0 Å². The summed E-state index contributed by atoms with van der Waals surface area (Å²) in [6, 6.07) is 4.44. The van der Waals surface area contributed by atoms with E-state index in [0.29, 0.717) is 34.0 Å². The van der Waals surface area contributed by atoms with Crippen molar-refractivity contribution in [2.75, 3.05) is 11.9 Å². The van der Waals surface area contributed by atoms with Crippen LogP contribution in [0.4, 0.5) is 20.1 Å². The molecule has 14 heteroatoms. The Labute approximate surface area is 272 Å². The first-order valence-electron chi connectivity index (χ1n) is 15.1. The number of nitrogens with zero attached hydrogens (tertiary/aromatic N) is 2. The maximum atomic E-state index is 13.6. The summed E-state index contributed by atoms with van der Waals surface area (Å²) in [5, 5.41) is 6.24. The number of carbonyl (C=O) groups is 3. The summed E-state index contributed by atoms with van der Waals surface area (Å²) in [4.78, 5) is 45.5.